The molecule has 0 bridgehead atoms. The maximum atomic E-state index is 13.6. The molecule has 2 heterocycles. The van der Waals surface area contributed by atoms with Gasteiger partial charge in [-0.2, -0.15) is 0 Å². The molecule has 1 saturated heterocycles. The number of methoxy groups -OCH3 is 1. The molecule has 0 spiro atoms. The van der Waals surface area contributed by atoms with E-state index in [1.54, 1.807) is 38.1 Å². The van der Waals surface area contributed by atoms with Gasteiger partial charge in [-0.25, -0.2) is 9.78 Å². The minimum atomic E-state index is -1.48. The van der Waals surface area contributed by atoms with Crippen LogP contribution in [0.15, 0.2) is 72.9 Å². The molecule has 1 fully saturated rings. The van der Waals surface area contributed by atoms with Crippen LogP contribution < -0.4 is 14.8 Å². The van der Waals surface area contributed by atoms with Crippen molar-refractivity contribution >= 4 is 29.8 Å². The normalized spacial score (nSPS) is 20.2. The standard InChI is InChI=1S/C36H40N2O10/c1-6-25(24-15-11-8-12-16-24)35(42)48-31-28(44-5)17-18-37-29(31)32(39)38-27-20-45-34(41)26(19-23-13-9-7-10-14-23)30(22(4)46-36(27)43)47-33(40)21(2)3/h7-18,21-22,25-27,30H,6,19-20H2,1-5H3,(H,38,39). The summed E-state index contributed by atoms with van der Waals surface area (Å²) >= 11 is 0. The van der Waals surface area contributed by atoms with Crippen molar-refractivity contribution in [3.8, 4) is 11.5 Å². The van der Waals surface area contributed by atoms with Gasteiger partial charge in [0, 0.05) is 12.3 Å². The van der Waals surface area contributed by atoms with E-state index in [1.165, 1.54) is 26.3 Å². The van der Waals surface area contributed by atoms with Crippen molar-refractivity contribution in [2.45, 2.75) is 64.7 Å². The Morgan fingerprint density at radius 1 is 0.958 bits per heavy atom. The molecular weight excluding hydrogens is 620 g/mol. The molecule has 12 nitrogen and oxygen atoms in total. The van der Waals surface area contributed by atoms with E-state index in [0.29, 0.717) is 6.42 Å². The van der Waals surface area contributed by atoms with Crippen LogP contribution in [0.2, 0.25) is 0 Å². The fourth-order valence-electron chi connectivity index (χ4n) is 5.22. The molecule has 4 rings (SSSR count). The van der Waals surface area contributed by atoms with Crippen LogP contribution in [-0.4, -0.2) is 66.7 Å². The maximum absolute atomic E-state index is 13.6. The molecule has 0 aliphatic carbocycles. The van der Waals surface area contributed by atoms with Crippen LogP contribution in [0.1, 0.15) is 61.6 Å². The Labute approximate surface area is 279 Å². The quantitative estimate of drug-likeness (QED) is 0.232. The Balaban J connectivity index is 1.59. The van der Waals surface area contributed by atoms with E-state index in [-0.39, 0.29) is 23.6 Å². The number of rotatable bonds is 11. The molecule has 1 aliphatic rings. The Morgan fingerprint density at radius 3 is 2.25 bits per heavy atom. The predicted octanol–water partition coefficient (Wildman–Crippen LogP) is 4.20. The van der Waals surface area contributed by atoms with Gasteiger partial charge in [0.2, 0.25) is 5.75 Å². The molecule has 5 unspecified atom stereocenters. The predicted molar refractivity (Wildman–Crippen MR) is 172 cm³/mol. The number of hydrogen-bond donors (Lipinski definition) is 1. The molecule has 2 aromatic carbocycles. The number of aromatic nitrogens is 1. The summed E-state index contributed by atoms with van der Waals surface area (Å²) < 4.78 is 28.0. The van der Waals surface area contributed by atoms with Gasteiger partial charge in [0.05, 0.1) is 18.9 Å². The van der Waals surface area contributed by atoms with Crippen LogP contribution in [0.4, 0.5) is 0 Å². The van der Waals surface area contributed by atoms with E-state index in [1.807, 2.05) is 43.3 Å². The maximum Gasteiger partial charge on any atom is 0.332 e. The van der Waals surface area contributed by atoms with Crippen LogP contribution in [0.25, 0.3) is 0 Å². The molecule has 0 radical (unpaired) electrons. The Kier molecular flexibility index (Phi) is 12.3. The summed E-state index contributed by atoms with van der Waals surface area (Å²) in [5, 5.41) is 2.49. The van der Waals surface area contributed by atoms with E-state index >= 15 is 0 Å². The zero-order valence-electron chi connectivity index (χ0n) is 27.5. The summed E-state index contributed by atoms with van der Waals surface area (Å²) in [5.41, 5.74) is 1.16. The second-order valence-electron chi connectivity index (χ2n) is 11.6. The topological polar surface area (TPSA) is 156 Å². The molecule has 0 saturated carbocycles. The first-order valence-corrected chi connectivity index (χ1v) is 15.8. The number of benzene rings is 2. The summed E-state index contributed by atoms with van der Waals surface area (Å²) in [6.45, 7) is 6.04. The number of pyridine rings is 1. The second kappa shape index (κ2) is 16.5. The van der Waals surface area contributed by atoms with Crippen LogP contribution in [0.3, 0.4) is 0 Å². The van der Waals surface area contributed by atoms with Crippen LogP contribution in [0, 0.1) is 11.8 Å². The summed E-state index contributed by atoms with van der Waals surface area (Å²) in [6.07, 6.45) is -0.421. The number of amides is 1. The largest absolute Gasteiger partial charge is 0.493 e. The number of esters is 4. The highest BCUT2D eigenvalue weighted by Gasteiger charge is 2.42. The molecular formula is C36H40N2O10. The highest BCUT2D eigenvalue weighted by Crippen LogP contribution is 2.32. The number of ether oxygens (including phenoxy) is 5. The van der Waals surface area contributed by atoms with E-state index < -0.39 is 72.4 Å². The Hall–Kier alpha value is -5.26. The summed E-state index contributed by atoms with van der Waals surface area (Å²) in [6, 6.07) is 18.1. The van der Waals surface area contributed by atoms with Crippen LogP contribution in [0.5, 0.6) is 11.5 Å². The highest BCUT2D eigenvalue weighted by atomic mass is 16.6. The number of carbonyl (C=O) groups excluding carboxylic acids is 5. The lowest BCUT2D eigenvalue weighted by atomic mass is 9.91. The van der Waals surface area contributed by atoms with Gasteiger partial charge >= 0.3 is 23.9 Å². The number of hydrogen-bond acceptors (Lipinski definition) is 11. The zero-order valence-corrected chi connectivity index (χ0v) is 27.5. The average molecular weight is 661 g/mol. The van der Waals surface area contributed by atoms with Gasteiger partial charge in [-0.3, -0.25) is 19.2 Å². The minimum Gasteiger partial charge on any atom is -0.493 e. The van der Waals surface area contributed by atoms with Crippen LogP contribution >= 0.6 is 0 Å². The first-order chi connectivity index (χ1) is 23.0. The minimum absolute atomic E-state index is 0.0575. The van der Waals surface area contributed by atoms with Crippen molar-refractivity contribution in [2.75, 3.05) is 13.7 Å². The average Bonchev–Trinajstić information content (AvgIpc) is 3.11. The lowest BCUT2D eigenvalue weighted by molar-refractivity contribution is -0.176. The third-order valence-corrected chi connectivity index (χ3v) is 7.87. The van der Waals surface area contributed by atoms with E-state index in [9.17, 15) is 24.0 Å². The lowest BCUT2D eigenvalue weighted by Gasteiger charge is -2.29. The lowest BCUT2D eigenvalue weighted by Crippen LogP contribution is -2.47. The third-order valence-electron chi connectivity index (χ3n) is 7.87. The van der Waals surface area contributed by atoms with Gasteiger partial charge < -0.3 is 29.0 Å². The Bertz CT molecular complexity index is 1590. The van der Waals surface area contributed by atoms with Gasteiger partial charge in [-0.05, 0) is 30.9 Å². The van der Waals surface area contributed by atoms with Crippen LogP contribution in [-0.2, 0) is 39.8 Å². The number of carbonyl (C=O) groups is 5. The smallest absolute Gasteiger partial charge is 0.332 e. The molecule has 1 N–H and O–H groups in total. The van der Waals surface area contributed by atoms with Gasteiger partial charge in [-0.1, -0.05) is 81.4 Å². The van der Waals surface area contributed by atoms with Crippen molar-refractivity contribution in [1.29, 1.82) is 0 Å². The second-order valence-corrected chi connectivity index (χ2v) is 11.6. The molecule has 3 aromatic rings. The molecule has 48 heavy (non-hydrogen) atoms. The van der Waals surface area contributed by atoms with Gasteiger partial charge in [0.15, 0.2) is 23.6 Å². The molecule has 5 atom stereocenters. The van der Waals surface area contributed by atoms with Crippen molar-refractivity contribution in [3.05, 3.63) is 89.7 Å². The van der Waals surface area contributed by atoms with E-state index in [2.05, 4.69) is 10.3 Å². The molecule has 1 aliphatic heterocycles. The summed E-state index contributed by atoms with van der Waals surface area (Å²) in [7, 11) is 1.34. The first-order valence-electron chi connectivity index (χ1n) is 15.8. The highest BCUT2D eigenvalue weighted by molar-refractivity contribution is 5.99. The third kappa shape index (κ3) is 8.75. The van der Waals surface area contributed by atoms with Gasteiger partial charge in [-0.15, -0.1) is 0 Å². The summed E-state index contributed by atoms with van der Waals surface area (Å²) in [5.74, 6) is -6.19. The van der Waals surface area contributed by atoms with Crippen molar-refractivity contribution in [1.82, 2.24) is 10.3 Å². The molecule has 1 aromatic heterocycles. The molecule has 254 valence electrons. The first kappa shape index (κ1) is 35.6. The number of nitrogens with zero attached hydrogens (tertiary/aromatic N) is 1. The zero-order chi connectivity index (χ0) is 34.8. The number of cyclic esters (lactones) is 2. The SMILES string of the molecule is CCC(C(=O)Oc1c(OC)ccnc1C(=O)NC1COC(=O)C(Cc2ccccc2)C(OC(=O)C(C)C)C(C)OC1=O)c1ccccc1. The van der Waals surface area contributed by atoms with Gasteiger partial charge in [0.1, 0.15) is 18.6 Å². The monoisotopic (exact) mass is 660 g/mol. The molecule has 1 amide bonds. The van der Waals surface area contributed by atoms with Crippen molar-refractivity contribution in [2.24, 2.45) is 11.8 Å². The molecule has 12 heteroatoms. The number of nitrogens with one attached hydrogen (secondary N) is 1. The van der Waals surface area contributed by atoms with Crippen molar-refractivity contribution in [3.63, 3.8) is 0 Å². The summed E-state index contributed by atoms with van der Waals surface area (Å²) in [4.78, 5) is 70.7. The van der Waals surface area contributed by atoms with E-state index in [0.717, 1.165) is 11.1 Å². The fourth-order valence-corrected chi connectivity index (χ4v) is 5.22. The van der Waals surface area contributed by atoms with Gasteiger partial charge in [0.25, 0.3) is 5.91 Å². The fraction of sp³-hybridized carbons (Fsp3) is 0.389. The van der Waals surface area contributed by atoms with E-state index in [4.69, 9.17) is 23.7 Å². The Morgan fingerprint density at radius 2 is 1.62 bits per heavy atom. The van der Waals surface area contributed by atoms with Crippen molar-refractivity contribution < 1.29 is 47.7 Å².